The zero-order valence-corrected chi connectivity index (χ0v) is 13.4. The molecule has 0 aliphatic heterocycles. The van der Waals surface area contributed by atoms with Gasteiger partial charge in [0.2, 0.25) is 0 Å². The van der Waals surface area contributed by atoms with Gasteiger partial charge < -0.3 is 4.74 Å². The molecular formula is C15H13FN4O3S. The molecule has 9 heteroatoms. The lowest BCUT2D eigenvalue weighted by Gasteiger charge is -2.07. The molecular weight excluding hydrogens is 335 g/mol. The lowest BCUT2D eigenvalue weighted by molar-refractivity contribution is 0.414. The van der Waals surface area contributed by atoms with Crippen LogP contribution in [0.5, 0.6) is 5.75 Å². The molecule has 124 valence electrons. The van der Waals surface area contributed by atoms with Crippen molar-refractivity contribution in [3.05, 3.63) is 60.2 Å². The smallest absolute Gasteiger partial charge is 0.185 e. The maximum absolute atomic E-state index is 13.0. The molecule has 3 aromatic rings. The van der Waals surface area contributed by atoms with Crippen molar-refractivity contribution in [3.63, 3.8) is 0 Å². The molecule has 0 N–H and O–H groups in total. The van der Waals surface area contributed by atoms with Gasteiger partial charge in [0.15, 0.2) is 15.7 Å². The largest absolute Gasteiger partial charge is 0.497 e. The molecule has 0 unspecified atom stereocenters. The summed E-state index contributed by atoms with van der Waals surface area (Å²) in [6.45, 7) is 0. The second-order valence-corrected chi connectivity index (χ2v) is 6.91. The van der Waals surface area contributed by atoms with E-state index in [9.17, 15) is 12.8 Å². The number of methoxy groups -OCH3 is 1. The van der Waals surface area contributed by atoms with Crippen LogP contribution in [-0.2, 0) is 15.6 Å². The zero-order chi connectivity index (χ0) is 17.2. The first kappa shape index (κ1) is 16.1. The van der Waals surface area contributed by atoms with E-state index in [0.717, 1.165) is 0 Å². The van der Waals surface area contributed by atoms with Gasteiger partial charge in [-0.05, 0) is 59.0 Å². The molecule has 0 aliphatic rings. The summed E-state index contributed by atoms with van der Waals surface area (Å²) in [5, 5.41) is 11.0. The summed E-state index contributed by atoms with van der Waals surface area (Å²) in [7, 11) is -2.14. The highest BCUT2D eigenvalue weighted by atomic mass is 32.2. The van der Waals surface area contributed by atoms with E-state index in [-0.39, 0.29) is 16.5 Å². The molecule has 2 aromatic carbocycles. The van der Waals surface area contributed by atoms with Crippen LogP contribution in [0.1, 0.15) is 5.82 Å². The first-order valence-electron chi connectivity index (χ1n) is 6.89. The summed E-state index contributed by atoms with van der Waals surface area (Å²) < 4.78 is 44.3. The molecule has 0 spiro atoms. The first-order valence-corrected chi connectivity index (χ1v) is 8.55. The Bertz CT molecular complexity index is 938. The van der Waals surface area contributed by atoms with Gasteiger partial charge in [0.05, 0.1) is 17.7 Å². The Labute approximate surface area is 137 Å². The van der Waals surface area contributed by atoms with Crippen molar-refractivity contribution < 1.29 is 17.5 Å². The average Bonchev–Trinajstić information content (AvgIpc) is 3.03. The highest BCUT2D eigenvalue weighted by Crippen LogP contribution is 2.20. The van der Waals surface area contributed by atoms with Crippen LogP contribution in [0.3, 0.4) is 0 Å². The number of sulfone groups is 1. The summed E-state index contributed by atoms with van der Waals surface area (Å²) >= 11 is 0. The molecule has 1 aromatic heterocycles. The summed E-state index contributed by atoms with van der Waals surface area (Å²) in [5.41, 5.74) is 0.473. The third kappa shape index (κ3) is 3.25. The Morgan fingerprint density at radius 1 is 1.08 bits per heavy atom. The normalized spacial score (nSPS) is 11.4. The molecule has 7 nitrogen and oxygen atoms in total. The second kappa shape index (κ2) is 6.36. The van der Waals surface area contributed by atoms with Crippen LogP contribution < -0.4 is 4.74 Å². The quantitative estimate of drug-likeness (QED) is 0.698. The van der Waals surface area contributed by atoms with Crippen LogP contribution in [0.15, 0.2) is 53.4 Å². The molecule has 0 aliphatic carbocycles. The minimum Gasteiger partial charge on any atom is -0.497 e. The van der Waals surface area contributed by atoms with Gasteiger partial charge in [0.25, 0.3) is 0 Å². The molecule has 0 saturated carbocycles. The fourth-order valence-corrected chi connectivity index (χ4v) is 3.35. The van der Waals surface area contributed by atoms with Crippen molar-refractivity contribution in [3.8, 4) is 11.4 Å². The Morgan fingerprint density at radius 2 is 1.75 bits per heavy atom. The molecule has 0 atom stereocenters. The summed E-state index contributed by atoms with van der Waals surface area (Å²) in [6, 6.07) is 11.5. The summed E-state index contributed by atoms with van der Waals surface area (Å²) in [6.07, 6.45) is 0. The standard InChI is InChI=1S/C15H13FN4O3S/c1-23-13-6-8-14(9-7-13)24(21,22)10-15-17-18-19-20(15)12-4-2-11(16)3-5-12/h2-9H,10H2,1H3. The van der Waals surface area contributed by atoms with E-state index in [2.05, 4.69) is 15.5 Å². The van der Waals surface area contributed by atoms with Gasteiger partial charge in [0, 0.05) is 0 Å². The lowest BCUT2D eigenvalue weighted by Crippen LogP contribution is -2.11. The van der Waals surface area contributed by atoms with Crippen molar-refractivity contribution in [1.29, 1.82) is 0 Å². The second-order valence-electron chi connectivity index (χ2n) is 4.92. The van der Waals surface area contributed by atoms with E-state index in [0.29, 0.717) is 11.4 Å². The fourth-order valence-electron chi connectivity index (χ4n) is 2.11. The van der Waals surface area contributed by atoms with Crippen molar-refractivity contribution in [2.75, 3.05) is 7.11 Å². The minimum atomic E-state index is -3.64. The van der Waals surface area contributed by atoms with Gasteiger partial charge in [-0.3, -0.25) is 0 Å². The molecule has 0 fully saturated rings. The van der Waals surface area contributed by atoms with Crippen LogP contribution in [0.25, 0.3) is 5.69 Å². The van der Waals surface area contributed by atoms with Crippen LogP contribution in [-0.4, -0.2) is 35.7 Å². The van der Waals surface area contributed by atoms with Gasteiger partial charge >= 0.3 is 0 Å². The third-order valence-electron chi connectivity index (χ3n) is 3.34. The van der Waals surface area contributed by atoms with Crippen LogP contribution in [0.2, 0.25) is 0 Å². The van der Waals surface area contributed by atoms with Gasteiger partial charge in [-0.1, -0.05) is 0 Å². The minimum absolute atomic E-state index is 0.136. The molecule has 0 saturated heterocycles. The predicted octanol–water partition coefficient (Wildman–Crippen LogP) is 1.78. The van der Waals surface area contributed by atoms with Gasteiger partial charge in [0.1, 0.15) is 17.3 Å². The number of aromatic nitrogens is 4. The molecule has 3 rings (SSSR count). The highest BCUT2D eigenvalue weighted by Gasteiger charge is 2.20. The van der Waals surface area contributed by atoms with Crippen molar-refractivity contribution in [1.82, 2.24) is 20.2 Å². The third-order valence-corrected chi connectivity index (χ3v) is 4.97. The Balaban J connectivity index is 1.90. The van der Waals surface area contributed by atoms with Crippen molar-refractivity contribution in [2.45, 2.75) is 10.6 Å². The fraction of sp³-hybridized carbons (Fsp3) is 0.133. The maximum Gasteiger partial charge on any atom is 0.185 e. The van der Waals surface area contributed by atoms with Crippen LogP contribution in [0.4, 0.5) is 4.39 Å². The monoisotopic (exact) mass is 348 g/mol. The van der Waals surface area contributed by atoms with E-state index >= 15 is 0 Å². The predicted molar refractivity (Wildman–Crippen MR) is 83.0 cm³/mol. The number of tetrazole rings is 1. The Morgan fingerprint density at radius 3 is 2.38 bits per heavy atom. The topological polar surface area (TPSA) is 87.0 Å². The van der Waals surface area contributed by atoms with E-state index in [1.165, 1.54) is 48.2 Å². The number of hydrogen-bond acceptors (Lipinski definition) is 6. The average molecular weight is 348 g/mol. The number of nitrogens with zero attached hydrogens (tertiary/aromatic N) is 4. The molecule has 0 amide bonds. The zero-order valence-electron chi connectivity index (χ0n) is 12.6. The Kier molecular flexibility index (Phi) is 4.26. The van der Waals surface area contributed by atoms with Gasteiger partial charge in [-0.15, -0.1) is 5.10 Å². The van der Waals surface area contributed by atoms with E-state index in [4.69, 9.17) is 4.74 Å². The highest BCUT2D eigenvalue weighted by molar-refractivity contribution is 7.90. The number of hydrogen-bond donors (Lipinski definition) is 0. The van der Waals surface area contributed by atoms with E-state index < -0.39 is 15.7 Å². The van der Waals surface area contributed by atoms with Gasteiger partial charge in [-0.2, -0.15) is 4.68 Å². The van der Waals surface area contributed by atoms with Crippen molar-refractivity contribution in [2.24, 2.45) is 0 Å². The SMILES string of the molecule is COc1ccc(S(=O)(=O)Cc2nnnn2-c2ccc(F)cc2)cc1. The number of benzene rings is 2. The first-order chi connectivity index (χ1) is 11.5. The van der Waals surface area contributed by atoms with E-state index in [1.54, 1.807) is 12.1 Å². The molecule has 0 bridgehead atoms. The van der Waals surface area contributed by atoms with E-state index in [1.807, 2.05) is 0 Å². The lowest BCUT2D eigenvalue weighted by atomic mass is 10.3. The van der Waals surface area contributed by atoms with Crippen LogP contribution >= 0.6 is 0 Å². The van der Waals surface area contributed by atoms with Gasteiger partial charge in [-0.25, -0.2) is 12.8 Å². The Hall–Kier alpha value is -2.81. The van der Waals surface area contributed by atoms with Crippen LogP contribution in [0, 0.1) is 5.82 Å². The number of rotatable bonds is 5. The molecule has 1 heterocycles. The summed E-state index contributed by atoms with van der Waals surface area (Å²) in [4.78, 5) is 0.136. The number of ether oxygens (including phenoxy) is 1. The molecule has 0 radical (unpaired) electrons. The van der Waals surface area contributed by atoms with Crippen molar-refractivity contribution >= 4 is 9.84 Å². The number of halogens is 1. The summed E-state index contributed by atoms with van der Waals surface area (Å²) in [5.74, 6) is -0.0919. The molecule has 24 heavy (non-hydrogen) atoms. The maximum atomic E-state index is 13.0.